The average Bonchev–Trinajstić information content (AvgIpc) is 3.38. The van der Waals surface area contributed by atoms with Crippen LogP contribution in [0.25, 0.3) is 22.0 Å². The van der Waals surface area contributed by atoms with Gasteiger partial charge in [-0.1, -0.05) is 42.5 Å². The number of nitrogens with zero attached hydrogens (tertiary/aromatic N) is 1. The number of nitrogens with one attached hydrogen (secondary N) is 4. The van der Waals surface area contributed by atoms with Gasteiger partial charge in [-0.15, -0.1) is 0 Å². The molecule has 0 radical (unpaired) electrons. The first-order chi connectivity index (χ1) is 16.9. The Kier molecular flexibility index (Phi) is 7.06. The van der Waals surface area contributed by atoms with Crippen LogP contribution in [0.1, 0.15) is 23.0 Å². The zero-order valence-electron chi connectivity index (χ0n) is 19.3. The number of methoxy groups -OCH3 is 1. The van der Waals surface area contributed by atoms with E-state index in [0.717, 1.165) is 21.9 Å². The molecule has 1 aromatic heterocycles. The number of hydrogen-bond donors (Lipinski definition) is 4. The lowest BCUT2D eigenvalue weighted by Crippen LogP contribution is -2.51. The van der Waals surface area contributed by atoms with E-state index in [4.69, 9.17) is 4.74 Å². The number of aromatic nitrogens is 2. The zero-order chi connectivity index (χ0) is 24.8. The van der Waals surface area contributed by atoms with Crippen LogP contribution in [0.2, 0.25) is 0 Å². The van der Waals surface area contributed by atoms with Crippen LogP contribution >= 0.6 is 0 Å². The maximum atomic E-state index is 12.5. The minimum atomic E-state index is -0.852. The predicted molar refractivity (Wildman–Crippen MR) is 131 cm³/mol. The van der Waals surface area contributed by atoms with Crippen LogP contribution in [0.5, 0.6) is 5.75 Å². The molecule has 4 rings (SSSR count). The van der Waals surface area contributed by atoms with E-state index < -0.39 is 17.9 Å². The quantitative estimate of drug-likeness (QED) is 0.309. The van der Waals surface area contributed by atoms with E-state index in [-0.39, 0.29) is 18.0 Å². The fourth-order valence-electron chi connectivity index (χ4n) is 3.62. The summed E-state index contributed by atoms with van der Waals surface area (Å²) >= 11 is 0. The standard InChI is InChI=1S/C26H25N5O4/c1-16(27-24(32)14-19-8-5-7-17-6-3-4-9-21(17)19)25(33)30-31-26(34)23-15-22(28-29-23)18-10-12-20(35-2)13-11-18/h3-13,15-16H,14H2,1-2H3,(H,27,32)(H,28,29)(H,30,33)(H,31,34). The van der Waals surface area contributed by atoms with Gasteiger partial charge in [-0.25, -0.2) is 0 Å². The lowest BCUT2D eigenvalue weighted by Gasteiger charge is -2.15. The number of benzene rings is 3. The fraction of sp³-hybridized carbons (Fsp3) is 0.154. The van der Waals surface area contributed by atoms with Gasteiger partial charge in [0.25, 0.3) is 11.8 Å². The van der Waals surface area contributed by atoms with Gasteiger partial charge < -0.3 is 10.1 Å². The maximum absolute atomic E-state index is 12.5. The number of amides is 3. The molecule has 0 saturated heterocycles. The molecule has 0 saturated carbocycles. The highest BCUT2D eigenvalue weighted by Crippen LogP contribution is 2.21. The van der Waals surface area contributed by atoms with Crippen LogP contribution in [-0.4, -0.2) is 41.1 Å². The summed E-state index contributed by atoms with van der Waals surface area (Å²) < 4.78 is 5.13. The van der Waals surface area contributed by atoms with Crippen molar-refractivity contribution < 1.29 is 19.1 Å². The minimum absolute atomic E-state index is 0.133. The highest BCUT2D eigenvalue weighted by atomic mass is 16.5. The normalized spacial score (nSPS) is 11.5. The average molecular weight is 472 g/mol. The Morgan fingerprint density at radius 1 is 0.971 bits per heavy atom. The molecule has 0 aliphatic carbocycles. The van der Waals surface area contributed by atoms with Gasteiger partial charge in [0.1, 0.15) is 17.5 Å². The second kappa shape index (κ2) is 10.5. The highest BCUT2D eigenvalue weighted by molar-refractivity contribution is 5.96. The number of rotatable bonds is 7. The molecule has 4 N–H and O–H groups in total. The minimum Gasteiger partial charge on any atom is -0.497 e. The third kappa shape index (κ3) is 5.64. The van der Waals surface area contributed by atoms with Crippen LogP contribution in [0.15, 0.2) is 72.8 Å². The van der Waals surface area contributed by atoms with E-state index in [1.54, 1.807) is 32.2 Å². The summed E-state index contributed by atoms with van der Waals surface area (Å²) in [7, 11) is 1.58. The van der Waals surface area contributed by atoms with E-state index in [9.17, 15) is 14.4 Å². The van der Waals surface area contributed by atoms with Crippen molar-refractivity contribution in [2.24, 2.45) is 0 Å². The largest absolute Gasteiger partial charge is 0.497 e. The third-order valence-electron chi connectivity index (χ3n) is 5.51. The van der Waals surface area contributed by atoms with Crippen molar-refractivity contribution in [3.05, 3.63) is 84.1 Å². The van der Waals surface area contributed by atoms with Crippen LogP contribution in [-0.2, 0) is 16.0 Å². The third-order valence-corrected chi connectivity index (χ3v) is 5.51. The van der Waals surface area contributed by atoms with E-state index in [1.807, 2.05) is 54.6 Å². The zero-order valence-corrected chi connectivity index (χ0v) is 19.3. The maximum Gasteiger partial charge on any atom is 0.287 e. The van der Waals surface area contributed by atoms with Crippen molar-refractivity contribution in [3.8, 4) is 17.0 Å². The van der Waals surface area contributed by atoms with Gasteiger partial charge >= 0.3 is 0 Å². The number of carbonyl (C=O) groups is 3. The van der Waals surface area contributed by atoms with Crippen LogP contribution in [0.4, 0.5) is 0 Å². The highest BCUT2D eigenvalue weighted by Gasteiger charge is 2.18. The number of aromatic amines is 1. The van der Waals surface area contributed by atoms with E-state index in [1.165, 1.54) is 0 Å². The van der Waals surface area contributed by atoms with Crippen molar-refractivity contribution in [1.29, 1.82) is 0 Å². The van der Waals surface area contributed by atoms with Gasteiger partial charge in [-0.2, -0.15) is 5.10 Å². The summed E-state index contributed by atoms with van der Waals surface area (Å²) in [5.41, 5.74) is 7.06. The molecule has 0 bridgehead atoms. The van der Waals surface area contributed by atoms with Gasteiger partial charge in [0.05, 0.1) is 19.2 Å². The summed E-state index contributed by atoms with van der Waals surface area (Å²) in [4.78, 5) is 37.3. The van der Waals surface area contributed by atoms with Gasteiger partial charge in [0, 0.05) is 5.56 Å². The second-order valence-corrected chi connectivity index (χ2v) is 7.94. The number of ether oxygens (including phenoxy) is 1. The molecule has 1 heterocycles. The molecule has 178 valence electrons. The van der Waals surface area contributed by atoms with E-state index in [2.05, 4.69) is 26.4 Å². The van der Waals surface area contributed by atoms with Crippen LogP contribution in [0, 0.1) is 0 Å². The van der Waals surface area contributed by atoms with Gasteiger partial charge in [-0.05, 0) is 53.6 Å². The fourth-order valence-corrected chi connectivity index (χ4v) is 3.62. The molecule has 0 aliphatic rings. The molecule has 35 heavy (non-hydrogen) atoms. The number of hydrazine groups is 1. The first kappa shape index (κ1) is 23.5. The summed E-state index contributed by atoms with van der Waals surface area (Å²) in [5.74, 6) is -0.712. The van der Waals surface area contributed by atoms with Gasteiger partial charge in [-0.3, -0.25) is 30.3 Å². The lowest BCUT2D eigenvalue weighted by molar-refractivity contribution is -0.128. The van der Waals surface area contributed by atoms with Gasteiger partial charge in [0.15, 0.2) is 0 Å². The molecule has 3 aromatic carbocycles. The number of hydrogen-bond acceptors (Lipinski definition) is 5. The van der Waals surface area contributed by atoms with Crippen molar-refractivity contribution in [1.82, 2.24) is 26.4 Å². The Bertz CT molecular complexity index is 1360. The predicted octanol–water partition coefficient (Wildman–Crippen LogP) is 2.75. The smallest absolute Gasteiger partial charge is 0.287 e. The Balaban J connectivity index is 1.29. The number of H-pyrrole nitrogens is 1. The SMILES string of the molecule is COc1ccc(-c2cc(C(=O)NNC(=O)C(C)NC(=O)Cc3cccc4ccccc34)[nH]n2)cc1. The first-order valence-corrected chi connectivity index (χ1v) is 11.0. The lowest BCUT2D eigenvalue weighted by atomic mass is 10.0. The monoisotopic (exact) mass is 471 g/mol. The van der Waals surface area contributed by atoms with E-state index in [0.29, 0.717) is 11.4 Å². The van der Waals surface area contributed by atoms with Crippen molar-refractivity contribution >= 4 is 28.5 Å². The molecule has 0 spiro atoms. The topological polar surface area (TPSA) is 125 Å². The number of fused-ring (bicyclic) bond motifs is 1. The Morgan fingerprint density at radius 2 is 1.71 bits per heavy atom. The summed E-state index contributed by atoms with van der Waals surface area (Å²) in [5, 5.41) is 11.5. The van der Waals surface area contributed by atoms with Crippen molar-refractivity contribution in [2.75, 3.05) is 7.11 Å². The van der Waals surface area contributed by atoms with Crippen LogP contribution in [0.3, 0.4) is 0 Å². The molecule has 9 nitrogen and oxygen atoms in total. The molecular weight excluding hydrogens is 446 g/mol. The summed E-state index contributed by atoms with van der Waals surface area (Å²) in [6.07, 6.45) is 0.133. The molecule has 3 amide bonds. The van der Waals surface area contributed by atoms with Crippen molar-refractivity contribution in [3.63, 3.8) is 0 Å². The Morgan fingerprint density at radius 3 is 2.49 bits per heavy atom. The molecule has 0 aliphatic heterocycles. The Labute approximate surface area is 201 Å². The molecule has 1 unspecified atom stereocenters. The molecule has 4 aromatic rings. The van der Waals surface area contributed by atoms with Crippen molar-refractivity contribution in [2.45, 2.75) is 19.4 Å². The molecule has 0 fully saturated rings. The first-order valence-electron chi connectivity index (χ1n) is 11.0. The van der Waals surface area contributed by atoms with Crippen LogP contribution < -0.4 is 20.9 Å². The summed E-state index contributed by atoms with van der Waals surface area (Å²) in [6.45, 7) is 1.54. The summed E-state index contributed by atoms with van der Waals surface area (Å²) in [6, 6.07) is 21.5. The van der Waals surface area contributed by atoms with Gasteiger partial charge in [0.2, 0.25) is 5.91 Å². The molecular formula is C26H25N5O4. The Hall–Kier alpha value is -4.66. The number of carbonyl (C=O) groups excluding carboxylic acids is 3. The molecule has 1 atom stereocenters. The van der Waals surface area contributed by atoms with E-state index >= 15 is 0 Å². The molecule has 9 heteroatoms. The second-order valence-electron chi connectivity index (χ2n) is 7.94.